The fraction of sp³-hybridized carbons (Fsp3) is 1.00. The highest BCUT2D eigenvalue weighted by Crippen LogP contribution is 1.98. The van der Waals surface area contributed by atoms with Gasteiger partial charge < -0.3 is 15.2 Å². The van der Waals surface area contributed by atoms with Crippen LogP contribution in [0.3, 0.4) is 0 Å². The van der Waals surface area contributed by atoms with Gasteiger partial charge in [0.2, 0.25) is 0 Å². The molecule has 2 N–H and O–H groups in total. The van der Waals surface area contributed by atoms with Crippen molar-refractivity contribution in [2.24, 2.45) is 5.73 Å². The summed E-state index contributed by atoms with van der Waals surface area (Å²) in [5.74, 6) is 0. The first-order chi connectivity index (χ1) is 5.81. The zero-order valence-electron chi connectivity index (χ0n) is 8.21. The number of rotatable bonds is 8. The summed E-state index contributed by atoms with van der Waals surface area (Å²) >= 11 is 0. The van der Waals surface area contributed by atoms with Crippen LogP contribution >= 0.6 is 0 Å². The molecule has 12 heavy (non-hydrogen) atoms. The Morgan fingerprint density at radius 1 is 1.33 bits per heavy atom. The van der Waals surface area contributed by atoms with Crippen LogP contribution in [0, 0.1) is 0 Å². The average molecular weight is 175 g/mol. The SMILES string of the molecule is CCCCC(N)COCCOC. The Kier molecular flexibility index (Phi) is 8.88. The summed E-state index contributed by atoms with van der Waals surface area (Å²) in [5.41, 5.74) is 5.78. The van der Waals surface area contributed by atoms with Gasteiger partial charge in [-0.2, -0.15) is 0 Å². The largest absolute Gasteiger partial charge is 0.382 e. The molecule has 0 rings (SSSR count). The highest BCUT2D eigenvalue weighted by atomic mass is 16.5. The molecule has 0 bridgehead atoms. The normalized spacial score (nSPS) is 13.2. The summed E-state index contributed by atoms with van der Waals surface area (Å²) in [6.45, 7) is 4.12. The van der Waals surface area contributed by atoms with Crippen LogP contribution in [0.2, 0.25) is 0 Å². The van der Waals surface area contributed by atoms with Crippen LogP contribution in [0.15, 0.2) is 0 Å². The van der Waals surface area contributed by atoms with Gasteiger partial charge in [-0.1, -0.05) is 19.8 Å². The van der Waals surface area contributed by atoms with E-state index in [-0.39, 0.29) is 6.04 Å². The van der Waals surface area contributed by atoms with E-state index in [1.165, 1.54) is 12.8 Å². The minimum atomic E-state index is 0.196. The van der Waals surface area contributed by atoms with Crippen molar-refractivity contribution >= 4 is 0 Å². The van der Waals surface area contributed by atoms with Gasteiger partial charge in [0.1, 0.15) is 0 Å². The van der Waals surface area contributed by atoms with Crippen molar-refractivity contribution in [1.29, 1.82) is 0 Å². The lowest BCUT2D eigenvalue weighted by Gasteiger charge is -2.10. The first kappa shape index (κ1) is 11.9. The van der Waals surface area contributed by atoms with Crippen LogP contribution in [0.5, 0.6) is 0 Å². The molecule has 3 heteroatoms. The molecule has 1 unspecified atom stereocenters. The zero-order chi connectivity index (χ0) is 9.23. The van der Waals surface area contributed by atoms with Crippen molar-refractivity contribution in [3.05, 3.63) is 0 Å². The van der Waals surface area contributed by atoms with Crippen molar-refractivity contribution in [1.82, 2.24) is 0 Å². The number of methoxy groups -OCH3 is 1. The molecule has 0 aromatic rings. The molecule has 0 saturated carbocycles. The molecule has 0 radical (unpaired) electrons. The fourth-order valence-corrected chi connectivity index (χ4v) is 0.927. The molecule has 74 valence electrons. The molecule has 0 aliphatic heterocycles. The van der Waals surface area contributed by atoms with Crippen LogP contribution in [-0.4, -0.2) is 33.0 Å². The van der Waals surface area contributed by atoms with Crippen molar-refractivity contribution in [2.45, 2.75) is 32.2 Å². The molecule has 0 amide bonds. The lowest BCUT2D eigenvalue weighted by molar-refractivity contribution is 0.0624. The Bertz CT molecular complexity index is 88.6. The Balaban J connectivity index is 3.02. The predicted octanol–water partition coefficient (Wildman–Crippen LogP) is 1.17. The second-order valence-electron chi connectivity index (χ2n) is 2.97. The Hall–Kier alpha value is -0.120. The molecule has 1 atom stereocenters. The maximum Gasteiger partial charge on any atom is 0.0701 e. The van der Waals surface area contributed by atoms with Crippen LogP contribution in [0.4, 0.5) is 0 Å². The number of ether oxygens (including phenoxy) is 2. The van der Waals surface area contributed by atoms with Gasteiger partial charge >= 0.3 is 0 Å². The van der Waals surface area contributed by atoms with Crippen molar-refractivity contribution in [3.8, 4) is 0 Å². The van der Waals surface area contributed by atoms with E-state index < -0.39 is 0 Å². The first-order valence-electron chi connectivity index (χ1n) is 4.63. The molecule has 0 aromatic carbocycles. The second kappa shape index (κ2) is 8.97. The van der Waals surface area contributed by atoms with Gasteiger partial charge in [0.05, 0.1) is 19.8 Å². The van der Waals surface area contributed by atoms with Crippen LogP contribution in [0.1, 0.15) is 26.2 Å². The van der Waals surface area contributed by atoms with Crippen LogP contribution in [-0.2, 0) is 9.47 Å². The molecule has 3 nitrogen and oxygen atoms in total. The molecule has 0 aliphatic carbocycles. The third-order valence-corrected chi connectivity index (χ3v) is 1.69. The summed E-state index contributed by atoms with van der Waals surface area (Å²) < 4.78 is 10.1. The average Bonchev–Trinajstić information content (AvgIpc) is 2.09. The van der Waals surface area contributed by atoms with Gasteiger partial charge in [0.15, 0.2) is 0 Å². The van der Waals surface area contributed by atoms with E-state index in [9.17, 15) is 0 Å². The molecule has 0 heterocycles. The monoisotopic (exact) mass is 175 g/mol. The molecule has 0 aromatic heterocycles. The van der Waals surface area contributed by atoms with Crippen molar-refractivity contribution < 1.29 is 9.47 Å². The number of hydrogen-bond donors (Lipinski definition) is 1. The number of unbranched alkanes of at least 4 members (excludes halogenated alkanes) is 1. The summed E-state index contributed by atoms with van der Waals surface area (Å²) in [6, 6.07) is 0.196. The highest BCUT2D eigenvalue weighted by Gasteiger charge is 2.00. The molecule has 0 aliphatic rings. The third-order valence-electron chi connectivity index (χ3n) is 1.69. The van der Waals surface area contributed by atoms with Gasteiger partial charge in [-0.25, -0.2) is 0 Å². The van der Waals surface area contributed by atoms with Gasteiger partial charge in [-0.05, 0) is 6.42 Å². The van der Waals surface area contributed by atoms with Crippen molar-refractivity contribution in [3.63, 3.8) is 0 Å². The van der Waals surface area contributed by atoms with E-state index in [0.717, 1.165) is 6.42 Å². The first-order valence-corrected chi connectivity index (χ1v) is 4.63. The smallest absolute Gasteiger partial charge is 0.0701 e. The maximum atomic E-state index is 5.78. The second-order valence-corrected chi connectivity index (χ2v) is 2.97. The maximum absolute atomic E-state index is 5.78. The molecule has 0 fully saturated rings. The standard InChI is InChI=1S/C9H21NO2/c1-3-4-5-9(10)8-12-7-6-11-2/h9H,3-8,10H2,1-2H3. The predicted molar refractivity (Wildman–Crippen MR) is 50.2 cm³/mol. The van der Waals surface area contributed by atoms with Gasteiger partial charge in [0.25, 0.3) is 0 Å². The van der Waals surface area contributed by atoms with Gasteiger partial charge in [0, 0.05) is 13.2 Å². The highest BCUT2D eigenvalue weighted by molar-refractivity contribution is 4.58. The third kappa shape index (κ3) is 7.98. The molecular weight excluding hydrogens is 154 g/mol. The summed E-state index contributed by atoms with van der Waals surface area (Å²) in [7, 11) is 1.67. The van der Waals surface area contributed by atoms with Gasteiger partial charge in [-0.15, -0.1) is 0 Å². The number of hydrogen-bond acceptors (Lipinski definition) is 3. The van der Waals surface area contributed by atoms with E-state index in [1.54, 1.807) is 7.11 Å². The van der Waals surface area contributed by atoms with Crippen LogP contribution in [0.25, 0.3) is 0 Å². The topological polar surface area (TPSA) is 44.5 Å². The summed E-state index contributed by atoms with van der Waals surface area (Å²) in [5, 5.41) is 0. The minimum Gasteiger partial charge on any atom is -0.382 e. The van der Waals surface area contributed by atoms with E-state index >= 15 is 0 Å². The molecular formula is C9H21NO2. The Labute approximate surface area is 75.2 Å². The quantitative estimate of drug-likeness (QED) is 0.563. The Morgan fingerprint density at radius 2 is 2.08 bits per heavy atom. The minimum absolute atomic E-state index is 0.196. The molecule has 0 spiro atoms. The lowest BCUT2D eigenvalue weighted by Crippen LogP contribution is -2.26. The summed E-state index contributed by atoms with van der Waals surface area (Å²) in [4.78, 5) is 0. The van der Waals surface area contributed by atoms with E-state index in [4.69, 9.17) is 15.2 Å². The zero-order valence-corrected chi connectivity index (χ0v) is 8.21. The van der Waals surface area contributed by atoms with E-state index in [1.807, 2.05) is 0 Å². The van der Waals surface area contributed by atoms with Crippen LogP contribution < -0.4 is 5.73 Å². The van der Waals surface area contributed by atoms with E-state index in [2.05, 4.69) is 6.92 Å². The lowest BCUT2D eigenvalue weighted by atomic mass is 10.1. The van der Waals surface area contributed by atoms with E-state index in [0.29, 0.717) is 19.8 Å². The van der Waals surface area contributed by atoms with Gasteiger partial charge in [-0.3, -0.25) is 0 Å². The fourth-order valence-electron chi connectivity index (χ4n) is 0.927. The molecule has 0 saturated heterocycles. The Morgan fingerprint density at radius 3 is 2.67 bits per heavy atom. The summed E-state index contributed by atoms with van der Waals surface area (Å²) in [6.07, 6.45) is 3.45. The van der Waals surface area contributed by atoms with Crippen molar-refractivity contribution in [2.75, 3.05) is 26.9 Å². The number of nitrogens with two attached hydrogens (primary N) is 1.